The molecule has 2 N–H and O–H groups in total. The molecule has 1 aromatic rings. The maximum Gasteiger partial charge on any atom is 0.0556 e. The molecule has 2 nitrogen and oxygen atoms in total. The van der Waals surface area contributed by atoms with E-state index in [-0.39, 0.29) is 6.04 Å². The van der Waals surface area contributed by atoms with E-state index in [0.29, 0.717) is 0 Å². The highest BCUT2D eigenvalue weighted by Crippen LogP contribution is 2.25. The van der Waals surface area contributed by atoms with Gasteiger partial charge in [-0.3, -0.25) is 0 Å². The molecule has 0 aliphatic carbocycles. The molecule has 78 valence electrons. The fourth-order valence-electron chi connectivity index (χ4n) is 1.22. The van der Waals surface area contributed by atoms with Crippen LogP contribution in [0.15, 0.2) is 29.2 Å². The molecule has 0 aliphatic rings. The lowest BCUT2D eigenvalue weighted by Gasteiger charge is -2.11. The molecule has 0 heterocycles. The molecule has 0 aliphatic heterocycles. The molecule has 0 saturated heterocycles. The van der Waals surface area contributed by atoms with Crippen LogP contribution >= 0.6 is 11.8 Å². The number of benzene rings is 1. The fraction of sp³-hybridized carbons (Fsp3) is 0.455. The first kappa shape index (κ1) is 11.6. The van der Waals surface area contributed by atoms with E-state index >= 15 is 0 Å². The lowest BCUT2D eigenvalue weighted by Crippen LogP contribution is -2.06. The maximum absolute atomic E-state index is 5.87. The van der Waals surface area contributed by atoms with Crippen molar-refractivity contribution in [3.8, 4) is 0 Å². The number of hydrogen-bond donors (Lipinski definition) is 1. The summed E-state index contributed by atoms with van der Waals surface area (Å²) < 4.78 is 5.01. The fourth-order valence-corrected chi connectivity index (χ4v) is 2.29. The zero-order valence-corrected chi connectivity index (χ0v) is 9.51. The Labute approximate surface area is 89.8 Å². The highest BCUT2D eigenvalue weighted by atomic mass is 32.2. The summed E-state index contributed by atoms with van der Waals surface area (Å²) in [6.07, 6.45) is 0. The van der Waals surface area contributed by atoms with Crippen LogP contribution in [0.1, 0.15) is 18.5 Å². The van der Waals surface area contributed by atoms with E-state index in [1.807, 2.05) is 19.1 Å². The minimum atomic E-state index is 0.0984. The van der Waals surface area contributed by atoms with Gasteiger partial charge in [0.15, 0.2) is 0 Å². The van der Waals surface area contributed by atoms with Crippen molar-refractivity contribution in [2.24, 2.45) is 5.73 Å². The van der Waals surface area contributed by atoms with Gasteiger partial charge < -0.3 is 10.5 Å². The lowest BCUT2D eigenvalue weighted by molar-refractivity contribution is 0.218. The molecule has 3 heteroatoms. The van der Waals surface area contributed by atoms with Gasteiger partial charge in [0.1, 0.15) is 0 Å². The van der Waals surface area contributed by atoms with Crippen LogP contribution in [0.4, 0.5) is 0 Å². The summed E-state index contributed by atoms with van der Waals surface area (Å²) in [6, 6.07) is 8.36. The van der Waals surface area contributed by atoms with Gasteiger partial charge in [0.25, 0.3) is 0 Å². The summed E-state index contributed by atoms with van der Waals surface area (Å²) in [6.45, 7) is 2.79. The average molecular weight is 211 g/mol. The van der Waals surface area contributed by atoms with Crippen LogP contribution in [0, 0.1) is 0 Å². The topological polar surface area (TPSA) is 35.2 Å². The Morgan fingerprint density at radius 3 is 2.79 bits per heavy atom. The van der Waals surface area contributed by atoms with Crippen molar-refractivity contribution in [1.29, 1.82) is 0 Å². The Morgan fingerprint density at radius 1 is 1.43 bits per heavy atom. The normalized spacial score (nSPS) is 12.8. The molecule has 0 spiro atoms. The predicted octanol–water partition coefficient (Wildman–Crippen LogP) is 2.44. The smallest absolute Gasteiger partial charge is 0.0556 e. The minimum absolute atomic E-state index is 0.0984. The van der Waals surface area contributed by atoms with E-state index in [2.05, 4.69) is 12.1 Å². The second kappa shape index (κ2) is 6.06. The molecule has 0 radical (unpaired) electrons. The highest BCUT2D eigenvalue weighted by molar-refractivity contribution is 7.99. The van der Waals surface area contributed by atoms with Gasteiger partial charge in [-0.15, -0.1) is 11.8 Å². The molecular formula is C11H17NOS. The highest BCUT2D eigenvalue weighted by Gasteiger charge is 2.05. The van der Waals surface area contributed by atoms with E-state index in [0.717, 1.165) is 12.4 Å². The minimum Gasteiger partial charge on any atom is -0.384 e. The molecule has 1 aromatic carbocycles. The van der Waals surface area contributed by atoms with Gasteiger partial charge >= 0.3 is 0 Å². The zero-order chi connectivity index (χ0) is 10.4. The molecular weight excluding hydrogens is 194 g/mol. The van der Waals surface area contributed by atoms with Crippen LogP contribution in [0.25, 0.3) is 0 Å². The summed E-state index contributed by atoms with van der Waals surface area (Å²) in [5, 5.41) is 0. The Hall–Kier alpha value is -0.510. The van der Waals surface area contributed by atoms with Crippen molar-refractivity contribution in [2.75, 3.05) is 19.5 Å². The number of nitrogens with two attached hydrogens (primary N) is 1. The van der Waals surface area contributed by atoms with Gasteiger partial charge in [-0.2, -0.15) is 0 Å². The van der Waals surface area contributed by atoms with Gasteiger partial charge in [0.05, 0.1) is 6.61 Å². The Bertz CT molecular complexity index is 276. The van der Waals surface area contributed by atoms with E-state index < -0.39 is 0 Å². The summed E-state index contributed by atoms with van der Waals surface area (Å²) in [5.41, 5.74) is 7.09. The van der Waals surface area contributed by atoms with E-state index in [4.69, 9.17) is 10.5 Å². The molecule has 0 amide bonds. The van der Waals surface area contributed by atoms with Gasteiger partial charge in [-0.05, 0) is 18.6 Å². The number of ether oxygens (including phenoxy) is 1. The van der Waals surface area contributed by atoms with E-state index in [9.17, 15) is 0 Å². The van der Waals surface area contributed by atoms with Crippen LogP contribution in [0.3, 0.4) is 0 Å². The molecule has 0 saturated carbocycles. The van der Waals surface area contributed by atoms with Crippen LogP contribution in [0.5, 0.6) is 0 Å². The third-order valence-corrected chi connectivity index (χ3v) is 3.01. The molecule has 1 atom stereocenters. The third-order valence-electron chi connectivity index (χ3n) is 1.95. The third kappa shape index (κ3) is 3.33. The van der Waals surface area contributed by atoms with Gasteiger partial charge in [-0.1, -0.05) is 18.2 Å². The van der Waals surface area contributed by atoms with Gasteiger partial charge in [0.2, 0.25) is 0 Å². The summed E-state index contributed by atoms with van der Waals surface area (Å²) in [4.78, 5) is 1.26. The van der Waals surface area contributed by atoms with Crippen molar-refractivity contribution in [3.63, 3.8) is 0 Å². The van der Waals surface area contributed by atoms with Crippen molar-refractivity contribution in [1.82, 2.24) is 0 Å². The average Bonchev–Trinajstić information content (AvgIpc) is 2.19. The quantitative estimate of drug-likeness (QED) is 0.600. The largest absolute Gasteiger partial charge is 0.384 e. The van der Waals surface area contributed by atoms with Crippen LogP contribution in [0.2, 0.25) is 0 Å². The predicted molar refractivity (Wildman–Crippen MR) is 61.6 cm³/mol. The summed E-state index contributed by atoms with van der Waals surface area (Å²) in [5.74, 6) is 0.972. The lowest BCUT2D eigenvalue weighted by atomic mass is 10.1. The summed E-state index contributed by atoms with van der Waals surface area (Å²) in [7, 11) is 1.72. The summed E-state index contributed by atoms with van der Waals surface area (Å²) >= 11 is 1.79. The van der Waals surface area contributed by atoms with Crippen molar-refractivity contribution >= 4 is 11.8 Å². The first-order chi connectivity index (χ1) is 6.75. The van der Waals surface area contributed by atoms with Crippen molar-refractivity contribution in [2.45, 2.75) is 17.9 Å². The van der Waals surface area contributed by atoms with Crippen LogP contribution in [-0.4, -0.2) is 19.5 Å². The van der Waals surface area contributed by atoms with Gasteiger partial charge in [0, 0.05) is 23.8 Å². The zero-order valence-electron chi connectivity index (χ0n) is 8.69. The van der Waals surface area contributed by atoms with Crippen molar-refractivity contribution in [3.05, 3.63) is 29.8 Å². The Kier molecular flexibility index (Phi) is 5.01. The number of rotatable bonds is 5. The molecule has 1 rings (SSSR count). The van der Waals surface area contributed by atoms with Crippen LogP contribution in [-0.2, 0) is 4.74 Å². The molecule has 0 fully saturated rings. The molecule has 0 unspecified atom stereocenters. The van der Waals surface area contributed by atoms with E-state index in [1.165, 1.54) is 10.5 Å². The second-order valence-corrected chi connectivity index (χ2v) is 4.30. The number of hydrogen-bond acceptors (Lipinski definition) is 3. The first-order valence-electron chi connectivity index (χ1n) is 4.72. The monoisotopic (exact) mass is 211 g/mol. The second-order valence-electron chi connectivity index (χ2n) is 3.17. The van der Waals surface area contributed by atoms with Crippen molar-refractivity contribution < 1.29 is 4.74 Å². The maximum atomic E-state index is 5.87. The molecule has 0 aromatic heterocycles. The van der Waals surface area contributed by atoms with Crippen LogP contribution < -0.4 is 5.73 Å². The molecule has 14 heavy (non-hydrogen) atoms. The Morgan fingerprint density at radius 2 is 2.14 bits per heavy atom. The van der Waals surface area contributed by atoms with Gasteiger partial charge in [-0.25, -0.2) is 0 Å². The standard InChI is InChI=1S/C11H17NOS/c1-9(12)10-5-3-4-6-11(10)14-8-7-13-2/h3-6,9H,7-8,12H2,1-2H3/t9-/m0/s1. The number of thioether (sulfide) groups is 1. The Balaban J connectivity index is 2.64. The molecule has 0 bridgehead atoms. The first-order valence-corrected chi connectivity index (χ1v) is 5.70. The SMILES string of the molecule is COCCSc1ccccc1[C@H](C)N. The van der Waals surface area contributed by atoms with E-state index in [1.54, 1.807) is 18.9 Å². The number of methoxy groups -OCH3 is 1.